The zero-order valence-corrected chi connectivity index (χ0v) is 16.4. The molecule has 150 valence electrons. The van der Waals surface area contributed by atoms with Crippen LogP contribution in [0.5, 0.6) is 0 Å². The van der Waals surface area contributed by atoms with Crippen LogP contribution >= 0.6 is 11.6 Å². The molecular weight excluding hydrogens is 359 g/mol. The smallest absolute Gasteiger partial charge is 0.250 e. The molecule has 6 atom stereocenters. The van der Waals surface area contributed by atoms with Gasteiger partial charge in [0.1, 0.15) is 12.8 Å². The Hall–Kier alpha value is -0.730. The highest BCUT2D eigenvalue weighted by atomic mass is 35.5. The van der Waals surface area contributed by atoms with E-state index in [2.05, 4.69) is 41.7 Å². The molecule has 0 radical (unpaired) electrons. The maximum atomic E-state index is 13.6. The van der Waals surface area contributed by atoms with Gasteiger partial charge in [-0.3, -0.25) is 15.4 Å². The van der Waals surface area contributed by atoms with Crippen LogP contribution < -0.4 is 21.3 Å². The van der Waals surface area contributed by atoms with Crippen molar-refractivity contribution in [1.29, 1.82) is 0 Å². The van der Waals surface area contributed by atoms with Crippen LogP contribution in [-0.4, -0.2) is 61.5 Å². The fourth-order valence-corrected chi connectivity index (χ4v) is 3.66. The van der Waals surface area contributed by atoms with Crippen LogP contribution in [0.4, 0.5) is 4.39 Å². The molecule has 6 nitrogen and oxygen atoms in total. The highest BCUT2D eigenvalue weighted by Gasteiger charge is 2.30. The summed E-state index contributed by atoms with van der Waals surface area (Å²) in [5.41, 5.74) is 0.642. The minimum atomic E-state index is -1.06. The molecule has 1 aliphatic carbocycles. The first-order valence-electron chi connectivity index (χ1n) is 9.45. The van der Waals surface area contributed by atoms with Crippen LogP contribution in [0, 0.1) is 0 Å². The van der Waals surface area contributed by atoms with Crippen molar-refractivity contribution in [1.82, 2.24) is 21.3 Å². The van der Waals surface area contributed by atoms with E-state index in [9.17, 15) is 9.18 Å². The second-order valence-electron chi connectivity index (χ2n) is 7.38. The number of hydrogen-bond acceptors (Lipinski definition) is 5. The predicted octanol–water partition coefficient (Wildman–Crippen LogP) is 1.41. The first-order chi connectivity index (χ1) is 12.3. The minimum absolute atomic E-state index is 0.0870. The van der Waals surface area contributed by atoms with E-state index in [4.69, 9.17) is 16.3 Å². The molecule has 26 heavy (non-hydrogen) atoms. The van der Waals surface area contributed by atoms with Gasteiger partial charge in [0.15, 0.2) is 0 Å². The summed E-state index contributed by atoms with van der Waals surface area (Å²) >= 11 is 5.86. The summed E-state index contributed by atoms with van der Waals surface area (Å²) in [6, 6.07) is 0.500. The molecule has 2 rings (SSSR count). The van der Waals surface area contributed by atoms with Gasteiger partial charge in [-0.25, -0.2) is 4.39 Å². The summed E-state index contributed by atoms with van der Waals surface area (Å²) in [5, 5.41) is 12.7. The molecule has 6 unspecified atom stereocenters. The monoisotopic (exact) mass is 390 g/mol. The largest absolute Gasteiger partial charge is 0.368 e. The van der Waals surface area contributed by atoms with Crippen LogP contribution in [0.2, 0.25) is 0 Å². The molecule has 0 aromatic carbocycles. The van der Waals surface area contributed by atoms with Crippen molar-refractivity contribution in [3.05, 3.63) is 12.3 Å². The summed E-state index contributed by atoms with van der Waals surface area (Å²) in [4.78, 5) is 12.0. The number of carbonyl (C=O) groups excluding carboxylic acids is 1. The number of halogens is 2. The SMILES string of the molecule is C=C(CC(C)NC1NCCNC1C)NC(=O)COC1CCC(Cl)C(F)C1. The lowest BCUT2D eigenvalue weighted by Gasteiger charge is -2.34. The molecule has 1 saturated heterocycles. The van der Waals surface area contributed by atoms with E-state index >= 15 is 0 Å². The number of ether oxygens (including phenoxy) is 1. The topological polar surface area (TPSA) is 74.4 Å². The van der Waals surface area contributed by atoms with Gasteiger partial charge in [0.05, 0.1) is 17.6 Å². The number of alkyl halides is 2. The number of nitrogens with one attached hydrogen (secondary N) is 4. The molecule has 0 aromatic heterocycles. The number of amides is 1. The van der Waals surface area contributed by atoms with Crippen LogP contribution in [-0.2, 0) is 9.53 Å². The van der Waals surface area contributed by atoms with E-state index in [1.165, 1.54) is 0 Å². The summed E-state index contributed by atoms with van der Waals surface area (Å²) in [6.45, 7) is 9.91. The number of carbonyl (C=O) groups is 1. The lowest BCUT2D eigenvalue weighted by molar-refractivity contribution is -0.128. The third-order valence-electron chi connectivity index (χ3n) is 4.88. The van der Waals surface area contributed by atoms with Gasteiger partial charge < -0.3 is 15.4 Å². The van der Waals surface area contributed by atoms with Crippen LogP contribution in [0.1, 0.15) is 39.5 Å². The van der Waals surface area contributed by atoms with Gasteiger partial charge >= 0.3 is 0 Å². The minimum Gasteiger partial charge on any atom is -0.368 e. The highest BCUT2D eigenvalue weighted by molar-refractivity contribution is 6.21. The number of rotatable bonds is 8. The average molecular weight is 391 g/mol. The second kappa shape index (κ2) is 10.6. The van der Waals surface area contributed by atoms with Gasteiger partial charge in [0.2, 0.25) is 5.91 Å². The summed E-state index contributed by atoms with van der Waals surface area (Å²) in [6.07, 6.45) is 1.02. The van der Waals surface area contributed by atoms with Crippen molar-refractivity contribution in [2.75, 3.05) is 19.7 Å². The van der Waals surface area contributed by atoms with E-state index in [0.29, 0.717) is 31.0 Å². The third-order valence-corrected chi connectivity index (χ3v) is 5.38. The van der Waals surface area contributed by atoms with E-state index < -0.39 is 11.5 Å². The number of hydrogen-bond donors (Lipinski definition) is 4. The van der Waals surface area contributed by atoms with Gasteiger partial charge in [0.25, 0.3) is 0 Å². The average Bonchev–Trinajstić information content (AvgIpc) is 2.58. The molecular formula is C18H32ClFN4O2. The van der Waals surface area contributed by atoms with E-state index in [0.717, 1.165) is 13.1 Å². The van der Waals surface area contributed by atoms with Gasteiger partial charge in [-0.15, -0.1) is 11.6 Å². The standard InChI is InChI=1S/C18H32ClFN4O2/c1-11(8-12(2)24-18-13(3)21-6-7-22-18)23-17(25)10-26-14-4-5-15(19)16(20)9-14/h12-16,18,21-22,24H,1,4-10H2,2-3H3,(H,23,25). The molecule has 0 aromatic rings. The highest BCUT2D eigenvalue weighted by Crippen LogP contribution is 2.27. The zero-order valence-electron chi connectivity index (χ0n) is 15.7. The quantitative estimate of drug-likeness (QED) is 0.471. The molecule has 8 heteroatoms. The Kier molecular flexibility index (Phi) is 8.76. The first-order valence-corrected chi connectivity index (χ1v) is 9.89. The molecule has 1 amide bonds. The van der Waals surface area contributed by atoms with Crippen molar-refractivity contribution in [2.45, 2.75) is 75.4 Å². The van der Waals surface area contributed by atoms with E-state index in [1.807, 2.05) is 0 Å². The molecule has 2 fully saturated rings. The molecule has 1 heterocycles. The number of piperazine rings is 1. The summed E-state index contributed by atoms with van der Waals surface area (Å²) < 4.78 is 19.1. The Labute approximate surface area is 160 Å². The van der Waals surface area contributed by atoms with Gasteiger partial charge in [-0.05, 0) is 26.7 Å². The predicted molar refractivity (Wildman–Crippen MR) is 102 cm³/mol. The lowest BCUT2D eigenvalue weighted by Crippen LogP contribution is -2.62. The third kappa shape index (κ3) is 7.12. The maximum Gasteiger partial charge on any atom is 0.250 e. The summed E-state index contributed by atoms with van der Waals surface area (Å²) in [5.74, 6) is -0.253. The molecule has 4 N–H and O–H groups in total. The Bertz CT molecular complexity index is 482. The van der Waals surface area contributed by atoms with Crippen LogP contribution in [0.3, 0.4) is 0 Å². The molecule has 1 saturated carbocycles. The zero-order chi connectivity index (χ0) is 19.1. The van der Waals surface area contributed by atoms with Gasteiger partial charge in [-0.1, -0.05) is 6.58 Å². The van der Waals surface area contributed by atoms with Crippen molar-refractivity contribution in [3.63, 3.8) is 0 Å². The van der Waals surface area contributed by atoms with Crippen molar-refractivity contribution in [3.8, 4) is 0 Å². The van der Waals surface area contributed by atoms with Crippen LogP contribution in [0.15, 0.2) is 12.3 Å². The molecule has 2 aliphatic rings. The van der Waals surface area contributed by atoms with E-state index in [-0.39, 0.29) is 37.2 Å². The fraction of sp³-hybridized carbons (Fsp3) is 0.833. The van der Waals surface area contributed by atoms with Gasteiger partial charge in [-0.2, -0.15) is 0 Å². The Balaban J connectivity index is 1.62. The Morgan fingerprint density at radius 1 is 1.38 bits per heavy atom. The maximum absolute atomic E-state index is 13.6. The van der Waals surface area contributed by atoms with Crippen molar-refractivity contribution >= 4 is 17.5 Å². The molecule has 1 aliphatic heterocycles. The molecule has 0 bridgehead atoms. The van der Waals surface area contributed by atoms with Crippen molar-refractivity contribution in [2.24, 2.45) is 0 Å². The molecule has 0 spiro atoms. The lowest BCUT2D eigenvalue weighted by atomic mass is 9.95. The van der Waals surface area contributed by atoms with Crippen molar-refractivity contribution < 1.29 is 13.9 Å². The Morgan fingerprint density at radius 3 is 2.81 bits per heavy atom. The second-order valence-corrected chi connectivity index (χ2v) is 7.94. The first kappa shape index (κ1) is 21.6. The normalized spacial score (nSPS) is 33.5. The fourth-order valence-electron chi connectivity index (χ4n) is 3.43. The summed E-state index contributed by atoms with van der Waals surface area (Å²) in [7, 11) is 0. The Morgan fingerprint density at radius 2 is 2.12 bits per heavy atom. The van der Waals surface area contributed by atoms with Gasteiger partial charge in [0, 0.05) is 43.7 Å². The van der Waals surface area contributed by atoms with E-state index in [1.54, 1.807) is 0 Å². The van der Waals surface area contributed by atoms with Crippen LogP contribution in [0.25, 0.3) is 0 Å².